The molecule has 96 valence electrons. The van der Waals surface area contributed by atoms with E-state index in [1.165, 1.54) is 22.7 Å². The van der Waals surface area contributed by atoms with E-state index in [1.807, 2.05) is 19.2 Å². The highest BCUT2D eigenvalue weighted by atomic mass is 35.5. The van der Waals surface area contributed by atoms with Crippen molar-refractivity contribution in [2.24, 2.45) is 5.92 Å². The van der Waals surface area contributed by atoms with Crippen molar-refractivity contribution in [1.82, 2.24) is 4.98 Å². The summed E-state index contributed by atoms with van der Waals surface area (Å²) < 4.78 is 1.22. The number of nitrogens with one attached hydrogen (secondary N) is 1. The molecule has 18 heavy (non-hydrogen) atoms. The Bertz CT molecular complexity index is 577. The van der Waals surface area contributed by atoms with E-state index in [0.29, 0.717) is 13.8 Å². The average Bonchev–Trinajstić information content (AvgIpc) is 2.85. The first-order chi connectivity index (χ1) is 8.47. The summed E-state index contributed by atoms with van der Waals surface area (Å²) >= 11 is 14.6. The van der Waals surface area contributed by atoms with Crippen molar-refractivity contribution in [3.8, 4) is 11.3 Å². The highest BCUT2D eigenvalue weighted by molar-refractivity contribution is 7.20. The molecular formula is C11H10Cl2N2OS2. The Morgan fingerprint density at radius 2 is 2.17 bits per heavy atom. The Morgan fingerprint density at radius 3 is 2.72 bits per heavy atom. The first kappa shape index (κ1) is 13.8. The van der Waals surface area contributed by atoms with Gasteiger partial charge in [0.25, 0.3) is 0 Å². The monoisotopic (exact) mass is 320 g/mol. The van der Waals surface area contributed by atoms with Crippen LogP contribution in [0.1, 0.15) is 13.8 Å². The Hall–Kier alpha value is -0.620. The third kappa shape index (κ3) is 3.03. The SMILES string of the molecule is CC(C)C(=O)Nc1nc(-c2cc(Cl)sc2Cl)cs1. The Morgan fingerprint density at radius 1 is 1.44 bits per heavy atom. The van der Waals surface area contributed by atoms with Crippen molar-refractivity contribution in [3.63, 3.8) is 0 Å². The normalized spacial score (nSPS) is 10.9. The number of aromatic nitrogens is 1. The lowest BCUT2D eigenvalue weighted by atomic mass is 10.2. The quantitative estimate of drug-likeness (QED) is 0.884. The van der Waals surface area contributed by atoms with Gasteiger partial charge in [0.15, 0.2) is 5.13 Å². The summed E-state index contributed by atoms with van der Waals surface area (Å²) in [6, 6.07) is 1.78. The lowest BCUT2D eigenvalue weighted by Crippen LogP contribution is -2.17. The van der Waals surface area contributed by atoms with Crippen LogP contribution in [0.25, 0.3) is 11.3 Å². The molecule has 1 amide bonds. The summed E-state index contributed by atoms with van der Waals surface area (Å²) in [4.78, 5) is 15.9. The summed E-state index contributed by atoms with van der Waals surface area (Å²) in [5.74, 6) is -0.123. The van der Waals surface area contributed by atoms with Gasteiger partial charge in [0, 0.05) is 16.9 Å². The Balaban J connectivity index is 2.20. The summed E-state index contributed by atoms with van der Waals surface area (Å²) in [5, 5.41) is 5.17. The van der Waals surface area contributed by atoms with Crippen molar-refractivity contribution in [3.05, 3.63) is 20.1 Å². The molecule has 2 aromatic heterocycles. The lowest BCUT2D eigenvalue weighted by molar-refractivity contribution is -0.118. The van der Waals surface area contributed by atoms with E-state index in [-0.39, 0.29) is 11.8 Å². The van der Waals surface area contributed by atoms with Gasteiger partial charge in [0.1, 0.15) is 4.34 Å². The average molecular weight is 321 g/mol. The van der Waals surface area contributed by atoms with Crippen LogP contribution in [-0.2, 0) is 4.79 Å². The number of halogens is 2. The lowest BCUT2D eigenvalue weighted by Gasteiger charge is -2.03. The minimum absolute atomic E-state index is 0.0506. The number of carbonyl (C=O) groups excluding carboxylic acids is 1. The van der Waals surface area contributed by atoms with Gasteiger partial charge in [-0.05, 0) is 6.07 Å². The number of carbonyl (C=O) groups is 1. The second-order valence-electron chi connectivity index (χ2n) is 3.92. The maximum Gasteiger partial charge on any atom is 0.228 e. The number of amides is 1. The number of thiazole rings is 1. The van der Waals surface area contributed by atoms with Crippen molar-refractivity contribution in [1.29, 1.82) is 0 Å². The molecule has 2 rings (SSSR count). The van der Waals surface area contributed by atoms with Crippen molar-refractivity contribution < 1.29 is 4.79 Å². The molecule has 0 unspecified atom stereocenters. The summed E-state index contributed by atoms with van der Waals surface area (Å²) in [7, 11) is 0. The van der Waals surface area contributed by atoms with Crippen LogP contribution < -0.4 is 5.32 Å². The second-order valence-corrected chi connectivity index (χ2v) is 7.06. The summed E-state index contributed by atoms with van der Waals surface area (Å²) in [6.07, 6.45) is 0. The predicted octanol–water partition coefficient (Wildman–Crippen LogP) is 4.77. The van der Waals surface area contributed by atoms with Crippen LogP contribution in [0.2, 0.25) is 8.67 Å². The van der Waals surface area contributed by atoms with Crippen LogP contribution >= 0.6 is 45.9 Å². The van der Waals surface area contributed by atoms with E-state index in [9.17, 15) is 4.79 Å². The zero-order valence-corrected chi connectivity index (χ0v) is 12.8. The van der Waals surface area contributed by atoms with Crippen LogP contribution in [-0.4, -0.2) is 10.9 Å². The predicted molar refractivity (Wildman–Crippen MR) is 78.9 cm³/mol. The number of hydrogen-bond donors (Lipinski definition) is 1. The number of anilines is 1. The maximum atomic E-state index is 11.5. The number of thiophene rings is 1. The molecule has 2 aromatic rings. The molecule has 0 aliphatic rings. The molecule has 0 saturated heterocycles. The van der Waals surface area contributed by atoms with E-state index in [4.69, 9.17) is 23.2 Å². The van der Waals surface area contributed by atoms with E-state index in [1.54, 1.807) is 6.07 Å². The van der Waals surface area contributed by atoms with E-state index >= 15 is 0 Å². The Labute approximate surface area is 123 Å². The molecule has 0 aromatic carbocycles. The van der Waals surface area contributed by atoms with Gasteiger partial charge >= 0.3 is 0 Å². The van der Waals surface area contributed by atoms with Crippen LogP contribution in [0.3, 0.4) is 0 Å². The van der Waals surface area contributed by atoms with Crippen LogP contribution in [0.15, 0.2) is 11.4 Å². The van der Waals surface area contributed by atoms with Gasteiger partial charge in [-0.15, -0.1) is 22.7 Å². The molecule has 0 aliphatic carbocycles. The Kier molecular flexibility index (Phi) is 4.27. The van der Waals surface area contributed by atoms with Crippen LogP contribution in [0.5, 0.6) is 0 Å². The summed E-state index contributed by atoms with van der Waals surface area (Å²) in [6.45, 7) is 3.67. The minimum Gasteiger partial charge on any atom is -0.302 e. The van der Waals surface area contributed by atoms with E-state index in [2.05, 4.69) is 10.3 Å². The first-order valence-electron chi connectivity index (χ1n) is 5.19. The fourth-order valence-electron chi connectivity index (χ4n) is 1.22. The molecule has 0 aliphatic heterocycles. The molecule has 0 radical (unpaired) electrons. The fraction of sp³-hybridized carbons (Fsp3) is 0.273. The zero-order chi connectivity index (χ0) is 13.3. The van der Waals surface area contributed by atoms with Gasteiger partial charge in [0.2, 0.25) is 5.91 Å². The smallest absolute Gasteiger partial charge is 0.228 e. The molecular weight excluding hydrogens is 311 g/mol. The third-order valence-corrected chi connectivity index (χ3v) is 4.44. The largest absolute Gasteiger partial charge is 0.302 e. The zero-order valence-electron chi connectivity index (χ0n) is 9.66. The van der Waals surface area contributed by atoms with E-state index in [0.717, 1.165) is 11.3 Å². The van der Waals surface area contributed by atoms with Gasteiger partial charge in [-0.3, -0.25) is 4.79 Å². The molecule has 0 saturated carbocycles. The molecule has 0 spiro atoms. The maximum absolute atomic E-state index is 11.5. The molecule has 0 fully saturated rings. The van der Waals surface area contributed by atoms with Gasteiger partial charge < -0.3 is 5.32 Å². The third-order valence-electron chi connectivity index (χ3n) is 2.19. The first-order valence-corrected chi connectivity index (χ1v) is 7.64. The topological polar surface area (TPSA) is 42.0 Å². The van der Waals surface area contributed by atoms with Crippen molar-refractivity contribution in [2.75, 3.05) is 5.32 Å². The molecule has 2 heterocycles. The number of hydrogen-bond acceptors (Lipinski definition) is 4. The van der Waals surface area contributed by atoms with Gasteiger partial charge in [0.05, 0.1) is 10.0 Å². The molecule has 7 heteroatoms. The molecule has 0 bridgehead atoms. The molecule has 1 N–H and O–H groups in total. The van der Waals surface area contributed by atoms with E-state index < -0.39 is 0 Å². The van der Waals surface area contributed by atoms with Gasteiger partial charge in [-0.25, -0.2) is 4.98 Å². The van der Waals surface area contributed by atoms with Gasteiger partial charge in [-0.2, -0.15) is 0 Å². The van der Waals surface area contributed by atoms with Crippen LogP contribution in [0, 0.1) is 5.92 Å². The number of nitrogens with zero attached hydrogens (tertiary/aromatic N) is 1. The fourth-order valence-corrected chi connectivity index (χ4v) is 3.41. The number of rotatable bonds is 3. The van der Waals surface area contributed by atoms with Gasteiger partial charge in [-0.1, -0.05) is 37.0 Å². The highest BCUT2D eigenvalue weighted by Crippen LogP contribution is 2.38. The standard InChI is InChI=1S/C11H10Cl2N2OS2/c1-5(2)10(16)15-11-14-7(4-17-11)6-3-8(12)18-9(6)13/h3-5H,1-2H3,(H,14,15,16). The molecule has 0 atom stereocenters. The minimum atomic E-state index is -0.0727. The van der Waals surface area contributed by atoms with Crippen molar-refractivity contribution in [2.45, 2.75) is 13.8 Å². The second kappa shape index (κ2) is 5.57. The molecule has 3 nitrogen and oxygen atoms in total. The van der Waals surface area contributed by atoms with Crippen LogP contribution in [0.4, 0.5) is 5.13 Å². The summed E-state index contributed by atoms with van der Waals surface area (Å²) in [5.41, 5.74) is 1.53. The highest BCUT2D eigenvalue weighted by Gasteiger charge is 2.14. The van der Waals surface area contributed by atoms with Crippen molar-refractivity contribution >= 4 is 56.9 Å².